The van der Waals surface area contributed by atoms with E-state index in [2.05, 4.69) is 9.97 Å². The van der Waals surface area contributed by atoms with Gasteiger partial charge in [-0.05, 0) is 154 Å². The van der Waals surface area contributed by atoms with Crippen LogP contribution in [-0.2, 0) is 72.6 Å². The number of fused-ring (bicyclic) bond motifs is 3. The summed E-state index contributed by atoms with van der Waals surface area (Å²) in [5, 5.41) is 29.4. The maximum atomic E-state index is 15.1. The molecule has 25 heteroatoms. The van der Waals surface area contributed by atoms with Crippen LogP contribution in [-0.4, -0.2) is 77.7 Å². The molecule has 22 nitrogen and oxygen atoms in total. The normalized spacial score (nSPS) is 18.8. The average molecular weight is 1420 g/mol. The third-order valence-electron chi connectivity index (χ3n) is 19.4. The number of primary amides is 2. The molecule has 4 heterocycles. The van der Waals surface area contributed by atoms with Crippen molar-refractivity contribution in [3.05, 3.63) is 257 Å². The number of rotatable bonds is 24. The standard InChI is InChI=1S/C30H27FN2O5.C27H23FN4O4.C23H22FN3O4/c1-2-37-29(35)30(17-23(30)28(34)33-36)16-19-12-13-27(24(31)14-19)38-18-21-15-26(20-8-4-3-5-9-20)32-25-11-7-6-10-22(21)25;28-20-11-16(13-27(26(29)34)14-19(27)25(33)32-35)8-9-24(20)36-15-17-12-23(22-7-3-4-10-30-22)31-21-6-2-1-5-18(17)21;1-13-8-15(16-4-2-3-5-19(16)26-13)12-31-20-7-6-14(9-18(20)24)10-23(22(25)29)11-17(23)21(28)27-30/h3-15,23,36H,2,16-18H2,1H3,(H,33,34);1-12,19,35H,13-15H2,(H2,29,34)(H,32,33);2-9,17,30H,10-12H2,1H3,(H2,25,29)(H,27,28)/t23-,30+;19-,27+;17-,23+/m111/s1. The Hall–Kier alpha value is -12.2. The minimum Gasteiger partial charge on any atom is -0.486 e. The Bertz CT molecular complexity index is 5140. The molecule has 3 aliphatic carbocycles. The van der Waals surface area contributed by atoms with Crippen molar-refractivity contribution in [2.24, 2.45) is 45.5 Å². The number of esters is 1. The van der Waals surface area contributed by atoms with Crippen molar-refractivity contribution in [2.45, 2.75) is 72.2 Å². The van der Waals surface area contributed by atoms with Gasteiger partial charge in [-0.3, -0.25) is 54.4 Å². The Kier molecular flexibility index (Phi) is 21.6. The monoisotopic (exact) mass is 1420 g/mol. The van der Waals surface area contributed by atoms with E-state index in [1.165, 1.54) is 36.4 Å². The molecular weight excluding hydrogens is 1350 g/mol. The quantitative estimate of drug-likeness (QED) is 0.0158. The number of aromatic nitrogens is 4. The van der Waals surface area contributed by atoms with Crippen LogP contribution in [0.3, 0.4) is 0 Å². The Morgan fingerprint density at radius 2 is 0.838 bits per heavy atom. The van der Waals surface area contributed by atoms with E-state index in [9.17, 15) is 37.5 Å². The van der Waals surface area contributed by atoms with Crippen LogP contribution in [0, 0.1) is 58.4 Å². The highest BCUT2D eigenvalue weighted by molar-refractivity contribution is 5.96. The molecule has 4 aromatic heterocycles. The molecule has 536 valence electrons. The average Bonchev–Trinajstić information content (AvgIpc) is 1.58. The van der Waals surface area contributed by atoms with Crippen molar-refractivity contribution in [3.63, 3.8) is 0 Å². The van der Waals surface area contributed by atoms with Crippen LogP contribution in [0.1, 0.15) is 65.3 Å². The van der Waals surface area contributed by atoms with E-state index in [-0.39, 0.29) is 82.2 Å². The number of ether oxygens (including phenoxy) is 4. The van der Waals surface area contributed by atoms with E-state index in [0.29, 0.717) is 22.4 Å². The van der Waals surface area contributed by atoms with Crippen molar-refractivity contribution in [1.29, 1.82) is 0 Å². The van der Waals surface area contributed by atoms with E-state index >= 15 is 4.39 Å². The number of hydrogen-bond donors (Lipinski definition) is 8. The van der Waals surface area contributed by atoms with E-state index in [1.807, 2.05) is 146 Å². The fraction of sp³-hybridized carbons (Fsp3) is 0.225. The molecule has 0 unspecified atom stereocenters. The van der Waals surface area contributed by atoms with E-state index in [4.69, 9.17) is 56.0 Å². The fourth-order valence-electron chi connectivity index (χ4n) is 13.6. The van der Waals surface area contributed by atoms with Gasteiger partial charge in [-0.25, -0.2) is 39.6 Å². The summed E-state index contributed by atoms with van der Waals surface area (Å²) in [7, 11) is 0. The van der Waals surface area contributed by atoms with Gasteiger partial charge in [-0.1, -0.05) is 109 Å². The van der Waals surface area contributed by atoms with E-state index < -0.39 is 87.0 Å². The third kappa shape index (κ3) is 15.9. The maximum absolute atomic E-state index is 15.1. The number of nitrogens with one attached hydrogen (secondary N) is 3. The minimum atomic E-state index is -1.14. The van der Waals surface area contributed by atoms with Crippen molar-refractivity contribution < 1.29 is 76.5 Å². The number of carbonyl (C=O) groups excluding carboxylic acids is 6. The van der Waals surface area contributed by atoms with Crippen LogP contribution in [0.5, 0.6) is 17.2 Å². The van der Waals surface area contributed by atoms with E-state index in [0.717, 1.165) is 72.0 Å². The van der Waals surface area contributed by atoms with Crippen molar-refractivity contribution in [3.8, 4) is 39.9 Å². The number of benzene rings is 7. The molecule has 11 aromatic rings. The Labute approximate surface area is 599 Å². The van der Waals surface area contributed by atoms with Crippen molar-refractivity contribution in [1.82, 2.24) is 36.4 Å². The van der Waals surface area contributed by atoms with Crippen LogP contribution in [0.4, 0.5) is 13.2 Å². The molecular formula is C80H72F3N9O13. The zero-order chi connectivity index (χ0) is 74.2. The summed E-state index contributed by atoms with van der Waals surface area (Å²) in [4.78, 5) is 90.2. The van der Waals surface area contributed by atoms with Gasteiger partial charge < -0.3 is 30.4 Å². The summed E-state index contributed by atoms with van der Waals surface area (Å²) in [5.41, 5.74) is 22.9. The lowest BCUT2D eigenvalue weighted by Crippen LogP contribution is -2.33. The first-order valence-electron chi connectivity index (χ1n) is 33.6. The number of nitrogens with zero attached hydrogens (tertiary/aromatic N) is 4. The van der Waals surface area contributed by atoms with E-state index in [1.54, 1.807) is 47.8 Å². The summed E-state index contributed by atoms with van der Waals surface area (Å²) in [5.74, 6) is -7.60. The fourth-order valence-corrected chi connectivity index (χ4v) is 13.6. The number of carbonyl (C=O) groups is 6. The molecule has 3 saturated carbocycles. The second-order valence-corrected chi connectivity index (χ2v) is 26.2. The van der Waals surface area contributed by atoms with Gasteiger partial charge in [-0.15, -0.1) is 0 Å². The molecule has 7 aromatic carbocycles. The van der Waals surface area contributed by atoms with Crippen LogP contribution < -0.4 is 42.1 Å². The molecule has 0 saturated heterocycles. The lowest BCUT2D eigenvalue weighted by Gasteiger charge is -2.16. The SMILES string of the molecule is CCOC(=O)[C@@]1(Cc2ccc(OCc3cc(-c4ccccc4)nc4ccccc34)c(F)c2)C[C@@H]1C(=O)NO.Cc1cc(COc2ccc(C[C@]3(C(N)=O)C[C@@H]3C(=O)NO)cc2F)c2ccccc2n1.NC(=O)[C@@]1(Cc2ccc(OCc3cc(-c4ccccn4)nc4ccccc34)c(F)c2)C[C@@H]1C(=O)NO. The van der Waals surface area contributed by atoms with Crippen molar-refractivity contribution in [2.75, 3.05) is 6.61 Å². The van der Waals surface area contributed by atoms with Crippen LogP contribution in [0.2, 0.25) is 0 Å². The molecule has 6 atom stereocenters. The zero-order valence-electron chi connectivity index (χ0n) is 56.9. The topological polar surface area (TPSA) is 340 Å². The molecule has 5 amide bonds. The second kappa shape index (κ2) is 31.2. The number of hydrogen-bond acceptors (Lipinski definition) is 17. The Morgan fingerprint density at radius 3 is 1.26 bits per heavy atom. The molecule has 10 N–H and O–H groups in total. The predicted molar refractivity (Wildman–Crippen MR) is 378 cm³/mol. The first-order valence-corrected chi connectivity index (χ1v) is 33.6. The number of amides is 5. The van der Waals surface area contributed by atoms with Crippen LogP contribution in [0.15, 0.2) is 200 Å². The summed E-state index contributed by atoms with van der Waals surface area (Å²) in [6.45, 7) is 4.13. The van der Waals surface area contributed by atoms with Gasteiger partial charge in [0, 0.05) is 50.3 Å². The highest BCUT2D eigenvalue weighted by atomic mass is 19.1. The Morgan fingerprint density at radius 1 is 0.457 bits per heavy atom. The number of aryl methyl sites for hydroxylation is 1. The Balaban J connectivity index is 0.000000149. The van der Waals surface area contributed by atoms with Gasteiger partial charge in [0.1, 0.15) is 19.8 Å². The number of nitrogens with two attached hydrogens (primary N) is 2. The molecule has 14 rings (SSSR count). The lowest BCUT2D eigenvalue weighted by molar-refractivity contribution is -0.152. The van der Waals surface area contributed by atoms with Crippen LogP contribution in [0.25, 0.3) is 55.4 Å². The largest absolute Gasteiger partial charge is 0.486 e. The predicted octanol–water partition coefficient (Wildman–Crippen LogP) is 11.6. The maximum Gasteiger partial charge on any atom is 0.313 e. The molecule has 105 heavy (non-hydrogen) atoms. The molecule has 0 spiro atoms. The number of hydroxylamine groups is 3. The summed E-state index contributed by atoms with van der Waals surface area (Å²) >= 11 is 0. The van der Waals surface area contributed by atoms with Gasteiger partial charge in [0.25, 0.3) is 0 Å². The second-order valence-electron chi connectivity index (χ2n) is 26.2. The molecule has 0 radical (unpaired) electrons. The van der Waals surface area contributed by atoms with Gasteiger partial charge in [0.2, 0.25) is 29.5 Å². The highest BCUT2D eigenvalue weighted by Crippen LogP contribution is 2.57. The molecule has 3 aliphatic rings. The van der Waals surface area contributed by atoms with Crippen molar-refractivity contribution >= 4 is 68.2 Å². The first kappa shape index (κ1) is 72.6. The molecule has 0 bridgehead atoms. The number of para-hydroxylation sites is 3. The van der Waals surface area contributed by atoms with Gasteiger partial charge in [0.05, 0.1) is 74.2 Å². The molecule has 3 fully saturated rings. The third-order valence-corrected chi connectivity index (χ3v) is 19.4. The first-order chi connectivity index (χ1) is 50.7. The number of halogens is 3. The highest BCUT2D eigenvalue weighted by Gasteiger charge is 2.65. The zero-order valence-corrected chi connectivity index (χ0v) is 56.9. The van der Waals surface area contributed by atoms with Gasteiger partial charge >= 0.3 is 5.97 Å². The number of pyridine rings is 4. The summed E-state index contributed by atoms with van der Waals surface area (Å²) < 4.78 is 67.4. The van der Waals surface area contributed by atoms with Gasteiger partial charge in [-0.2, -0.15) is 0 Å². The minimum absolute atomic E-state index is 0.0487. The molecule has 0 aliphatic heterocycles. The van der Waals surface area contributed by atoms with Gasteiger partial charge in [0.15, 0.2) is 34.7 Å². The summed E-state index contributed by atoms with van der Waals surface area (Å²) in [6, 6.07) is 57.5. The smallest absolute Gasteiger partial charge is 0.313 e. The lowest BCUT2D eigenvalue weighted by atomic mass is 9.92. The summed E-state index contributed by atoms with van der Waals surface area (Å²) in [6.07, 6.45) is 2.62. The van der Waals surface area contributed by atoms with Crippen LogP contribution >= 0.6 is 0 Å².